The molecular weight excluding hydrogens is 212 g/mol. The van der Waals surface area contributed by atoms with Crippen LogP contribution >= 0.6 is 11.6 Å². The van der Waals surface area contributed by atoms with Crippen molar-refractivity contribution in [3.05, 3.63) is 29.3 Å². The Hall–Kier alpha value is -0.835. The molecule has 0 aliphatic carbocycles. The highest BCUT2D eigenvalue weighted by Gasteiger charge is 2.40. The first kappa shape index (κ1) is 10.7. The third kappa shape index (κ3) is 1.69. The first-order valence-electron chi connectivity index (χ1n) is 4.66. The van der Waals surface area contributed by atoms with Crippen LogP contribution in [0.15, 0.2) is 18.2 Å². The van der Waals surface area contributed by atoms with Gasteiger partial charge in [-0.15, -0.1) is 0 Å². The largest absolute Gasteiger partial charge is 0.492 e. The van der Waals surface area contributed by atoms with Crippen molar-refractivity contribution >= 4 is 29.4 Å². The highest BCUT2D eigenvalue weighted by atomic mass is 35.5. The molecule has 2 N–H and O–H groups in total. The van der Waals surface area contributed by atoms with Crippen LogP contribution in [0.1, 0.15) is 25.0 Å². The first-order chi connectivity index (χ1) is 6.92. The molecule has 1 heterocycles. The molecule has 1 aromatic rings. The van der Waals surface area contributed by atoms with Crippen LogP contribution in [0.5, 0.6) is 0 Å². The predicted molar refractivity (Wildman–Crippen MR) is 60.8 cm³/mol. The van der Waals surface area contributed by atoms with E-state index in [9.17, 15) is 5.02 Å². The first-order valence-corrected chi connectivity index (χ1v) is 5.04. The molecule has 15 heavy (non-hydrogen) atoms. The van der Waals surface area contributed by atoms with Gasteiger partial charge >= 0.3 is 7.12 Å². The van der Waals surface area contributed by atoms with Crippen LogP contribution in [0.2, 0.25) is 0 Å². The van der Waals surface area contributed by atoms with Crippen molar-refractivity contribution in [3.63, 3.8) is 0 Å². The summed E-state index contributed by atoms with van der Waals surface area (Å²) in [5.41, 5.74) is 1.75. The minimum atomic E-state index is -0.881. The van der Waals surface area contributed by atoms with Crippen LogP contribution in [0.4, 0.5) is 0 Å². The quantitative estimate of drug-likeness (QED) is 0.555. The van der Waals surface area contributed by atoms with E-state index in [1.807, 2.05) is 13.8 Å². The zero-order valence-electron chi connectivity index (χ0n) is 8.54. The highest BCUT2D eigenvalue weighted by Crippen LogP contribution is 2.30. The molecule has 0 saturated carbocycles. The predicted octanol–water partition coefficient (Wildman–Crippen LogP) is 1.20. The van der Waals surface area contributed by atoms with Crippen LogP contribution in [0.25, 0.3) is 0 Å². The van der Waals surface area contributed by atoms with Gasteiger partial charge < -0.3 is 9.68 Å². The minimum absolute atomic E-state index is 0.00464. The zero-order valence-corrected chi connectivity index (χ0v) is 9.30. The van der Waals surface area contributed by atoms with Gasteiger partial charge in [-0.2, -0.15) is 0 Å². The molecule has 1 aliphatic heterocycles. The fraction of sp³-hybridized carbons (Fsp3) is 0.300. The molecule has 0 radical (unpaired) electrons. The van der Waals surface area contributed by atoms with E-state index in [1.165, 1.54) is 0 Å². The Labute approximate surface area is 93.7 Å². The van der Waals surface area contributed by atoms with Crippen LogP contribution in [-0.4, -0.2) is 17.3 Å². The van der Waals surface area contributed by atoms with Gasteiger partial charge in [0.05, 0.1) is 5.60 Å². The van der Waals surface area contributed by atoms with E-state index in [0.29, 0.717) is 5.56 Å². The molecule has 0 aromatic heterocycles. The number of hydrogen-bond acceptors (Lipinski definition) is 3. The van der Waals surface area contributed by atoms with E-state index in [4.69, 9.17) is 21.7 Å². The van der Waals surface area contributed by atoms with Gasteiger partial charge in [-0.05, 0) is 30.9 Å². The van der Waals surface area contributed by atoms with Crippen molar-refractivity contribution in [3.8, 4) is 0 Å². The Balaban J connectivity index is 2.57. The molecule has 2 rings (SSSR count). The third-order valence-electron chi connectivity index (χ3n) is 2.63. The number of rotatable bonds is 1. The second-order valence-electron chi connectivity index (χ2n) is 4.10. The second-order valence-corrected chi connectivity index (χ2v) is 4.47. The maximum absolute atomic E-state index is 9.64. The van der Waals surface area contributed by atoms with Crippen molar-refractivity contribution < 1.29 is 9.68 Å². The van der Waals surface area contributed by atoms with Crippen molar-refractivity contribution in [2.45, 2.75) is 19.4 Å². The summed E-state index contributed by atoms with van der Waals surface area (Å²) in [4.78, 5) is 0. The second kappa shape index (κ2) is 3.34. The summed E-state index contributed by atoms with van der Waals surface area (Å²) in [6.45, 7) is 3.76. The fourth-order valence-corrected chi connectivity index (χ4v) is 1.95. The van der Waals surface area contributed by atoms with E-state index in [1.54, 1.807) is 18.2 Å². The summed E-state index contributed by atoms with van der Waals surface area (Å²) in [6, 6.07) is 5.25. The number of fused-ring (bicyclic) bond motifs is 1. The molecule has 0 fully saturated rings. The van der Waals surface area contributed by atoms with Gasteiger partial charge in [0.2, 0.25) is 0 Å². The summed E-state index contributed by atoms with van der Waals surface area (Å²) < 4.78 is 5.40. The zero-order chi connectivity index (χ0) is 11.2. The molecule has 0 atom stereocenters. The van der Waals surface area contributed by atoms with Gasteiger partial charge in [-0.1, -0.05) is 23.7 Å². The number of benzene rings is 1. The average molecular weight is 223 g/mol. The van der Waals surface area contributed by atoms with E-state index in [-0.39, 0.29) is 5.17 Å². The Morgan fingerprint density at radius 3 is 2.80 bits per heavy atom. The maximum Gasteiger partial charge on any atom is 0.492 e. The lowest BCUT2D eigenvalue weighted by atomic mass is 9.78. The third-order valence-corrected chi connectivity index (χ3v) is 2.85. The molecule has 3 nitrogen and oxygen atoms in total. The van der Waals surface area contributed by atoms with E-state index in [2.05, 4.69) is 0 Å². The van der Waals surface area contributed by atoms with Gasteiger partial charge in [0.25, 0.3) is 0 Å². The standard InChI is InChI=1S/C10H11BClNO2/c1-10(2)7-5-6(9(12)13)3-4-8(7)11(14)15-10/h3-5,13-14H,1-2H3. The van der Waals surface area contributed by atoms with Gasteiger partial charge in [0, 0.05) is 5.56 Å². The van der Waals surface area contributed by atoms with Crippen molar-refractivity contribution in [2.75, 3.05) is 0 Å². The monoisotopic (exact) mass is 223 g/mol. The molecule has 0 saturated heterocycles. The molecule has 0 unspecified atom stereocenters. The summed E-state index contributed by atoms with van der Waals surface area (Å²) >= 11 is 5.61. The molecule has 0 bridgehead atoms. The van der Waals surface area contributed by atoms with Gasteiger partial charge in [-0.25, -0.2) is 0 Å². The minimum Gasteiger partial charge on any atom is -0.423 e. The van der Waals surface area contributed by atoms with Crippen molar-refractivity contribution in [2.24, 2.45) is 0 Å². The van der Waals surface area contributed by atoms with Crippen LogP contribution < -0.4 is 5.46 Å². The summed E-state index contributed by atoms with van der Waals surface area (Å²) in [6.07, 6.45) is 0. The van der Waals surface area contributed by atoms with Crippen LogP contribution in [0.3, 0.4) is 0 Å². The molecule has 78 valence electrons. The Bertz CT molecular complexity index is 433. The SMILES string of the molecule is CC1(C)OB(O)c2ccc(C(=N)Cl)cc21. The molecule has 0 spiro atoms. The topological polar surface area (TPSA) is 53.3 Å². The van der Waals surface area contributed by atoms with Gasteiger partial charge in [0.1, 0.15) is 5.17 Å². The molecule has 1 aliphatic rings. The van der Waals surface area contributed by atoms with Crippen LogP contribution in [0, 0.1) is 5.41 Å². The van der Waals surface area contributed by atoms with Gasteiger partial charge in [-0.3, -0.25) is 5.41 Å². The van der Waals surface area contributed by atoms with Crippen molar-refractivity contribution in [1.82, 2.24) is 0 Å². The Kier molecular flexibility index (Phi) is 2.37. The fourth-order valence-electron chi connectivity index (χ4n) is 1.84. The lowest BCUT2D eigenvalue weighted by Gasteiger charge is -2.20. The summed E-state index contributed by atoms with van der Waals surface area (Å²) in [5.74, 6) is 0. The molecular formula is C10H11BClNO2. The lowest BCUT2D eigenvalue weighted by molar-refractivity contribution is 0.101. The van der Waals surface area contributed by atoms with Crippen LogP contribution in [-0.2, 0) is 10.3 Å². The lowest BCUT2D eigenvalue weighted by Crippen LogP contribution is -2.28. The number of halogens is 1. The molecule has 5 heteroatoms. The molecule has 0 amide bonds. The Morgan fingerprint density at radius 2 is 2.20 bits per heavy atom. The van der Waals surface area contributed by atoms with Crippen molar-refractivity contribution in [1.29, 1.82) is 5.41 Å². The summed E-state index contributed by atoms with van der Waals surface area (Å²) in [5, 5.41) is 17.0. The van der Waals surface area contributed by atoms with Gasteiger partial charge in [0.15, 0.2) is 0 Å². The number of hydrogen-bond donors (Lipinski definition) is 2. The number of nitrogens with one attached hydrogen (secondary N) is 1. The smallest absolute Gasteiger partial charge is 0.423 e. The van der Waals surface area contributed by atoms with E-state index < -0.39 is 12.7 Å². The normalized spacial score (nSPS) is 17.7. The van der Waals surface area contributed by atoms with E-state index >= 15 is 0 Å². The average Bonchev–Trinajstić information content (AvgIpc) is 2.37. The van der Waals surface area contributed by atoms with E-state index in [0.717, 1.165) is 11.0 Å². The highest BCUT2D eigenvalue weighted by molar-refractivity contribution is 6.69. The maximum atomic E-state index is 9.64. The Morgan fingerprint density at radius 1 is 1.53 bits per heavy atom. The molecule has 1 aromatic carbocycles. The summed E-state index contributed by atoms with van der Waals surface area (Å²) in [7, 11) is -0.881.